The van der Waals surface area contributed by atoms with E-state index >= 15 is 0 Å². The second kappa shape index (κ2) is 9.39. The molecule has 0 aliphatic rings. The average Bonchev–Trinajstić information content (AvgIpc) is 2.66. The van der Waals surface area contributed by atoms with E-state index in [1.165, 1.54) is 14.0 Å². The Bertz CT molecular complexity index is 839. The van der Waals surface area contributed by atoms with Crippen molar-refractivity contribution in [3.05, 3.63) is 58.1 Å². The molecule has 0 aliphatic heterocycles. The molecule has 0 saturated heterocycles. The highest BCUT2D eigenvalue weighted by Gasteiger charge is 2.18. The van der Waals surface area contributed by atoms with Gasteiger partial charge in [0, 0.05) is 18.2 Å². The van der Waals surface area contributed by atoms with Crippen LogP contribution in [0.2, 0.25) is 5.02 Å². The number of hydrogen-bond donors (Lipinski definition) is 3. The van der Waals surface area contributed by atoms with Gasteiger partial charge in [-0.15, -0.1) is 0 Å². The van der Waals surface area contributed by atoms with Crippen molar-refractivity contribution in [3.63, 3.8) is 0 Å². The minimum Gasteiger partial charge on any atom is -0.495 e. The van der Waals surface area contributed by atoms with Crippen molar-refractivity contribution in [3.8, 4) is 5.75 Å². The van der Waals surface area contributed by atoms with Crippen molar-refractivity contribution >= 4 is 29.0 Å². The smallest absolute Gasteiger partial charge is 0.253 e. The zero-order valence-corrected chi connectivity index (χ0v) is 16.3. The number of ether oxygens (including phenoxy) is 1. The van der Waals surface area contributed by atoms with Crippen molar-refractivity contribution in [2.45, 2.75) is 26.4 Å². The molecule has 3 N–H and O–H groups in total. The largest absolute Gasteiger partial charge is 0.495 e. The van der Waals surface area contributed by atoms with Crippen molar-refractivity contribution in [1.29, 1.82) is 0 Å². The normalized spacial score (nSPS) is 11.6. The minimum absolute atomic E-state index is 0.127. The molecule has 2 aromatic carbocycles. The van der Waals surface area contributed by atoms with Crippen LogP contribution in [0.25, 0.3) is 0 Å². The van der Waals surface area contributed by atoms with Gasteiger partial charge in [0.2, 0.25) is 0 Å². The summed E-state index contributed by atoms with van der Waals surface area (Å²) >= 11 is 6.01. The van der Waals surface area contributed by atoms with Crippen LogP contribution in [0.1, 0.15) is 40.1 Å². The van der Waals surface area contributed by atoms with Crippen molar-refractivity contribution in [2.24, 2.45) is 0 Å². The third-order valence-corrected chi connectivity index (χ3v) is 4.33. The van der Waals surface area contributed by atoms with E-state index in [2.05, 4.69) is 10.6 Å². The van der Waals surface area contributed by atoms with E-state index in [9.17, 15) is 14.7 Å². The summed E-state index contributed by atoms with van der Waals surface area (Å²) < 4.78 is 5.18. The van der Waals surface area contributed by atoms with Gasteiger partial charge in [0.1, 0.15) is 5.75 Å². The van der Waals surface area contributed by atoms with Gasteiger partial charge in [0.25, 0.3) is 5.91 Å². The molecule has 2 aromatic rings. The molecule has 6 nitrogen and oxygen atoms in total. The first-order valence-corrected chi connectivity index (χ1v) is 8.87. The second-order valence-corrected chi connectivity index (χ2v) is 6.57. The molecule has 144 valence electrons. The lowest BCUT2D eigenvalue weighted by atomic mass is 10.0. The summed E-state index contributed by atoms with van der Waals surface area (Å²) in [6.45, 7) is 3.34. The zero-order valence-electron chi connectivity index (χ0n) is 15.5. The SMILES string of the molecule is COc1cc(CNC(=O)c2cccc(C(C)=O)c2NC(C)CO)ccc1Cl. The van der Waals surface area contributed by atoms with Crippen LogP contribution >= 0.6 is 11.6 Å². The van der Waals surface area contributed by atoms with Gasteiger partial charge in [-0.1, -0.05) is 23.7 Å². The number of anilines is 1. The van der Waals surface area contributed by atoms with E-state index in [0.29, 0.717) is 27.6 Å². The average molecular weight is 391 g/mol. The Morgan fingerprint density at radius 3 is 2.56 bits per heavy atom. The van der Waals surface area contributed by atoms with Crippen molar-refractivity contribution in [2.75, 3.05) is 19.0 Å². The second-order valence-electron chi connectivity index (χ2n) is 6.16. The molecular weight excluding hydrogens is 368 g/mol. The van der Waals surface area contributed by atoms with E-state index in [4.69, 9.17) is 16.3 Å². The van der Waals surface area contributed by atoms with Gasteiger partial charge in [-0.2, -0.15) is 0 Å². The minimum atomic E-state index is -0.334. The van der Waals surface area contributed by atoms with Gasteiger partial charge in [-0.25, -0.2) is 0 Å². The first-order valence-electron chi connectivity index (χ1n) is 8.49. The van der Waals surface area contributed by atoms with Gasteiger partial charge in [-0.3, -0.25) is 9.59 Å². The van der Waals surface area contributed by atoms with Gasteiger partial charge in [0.15, 0.2) is 5.78 Å². The first-order chi connectivity index (χ1) is 12.9. The van der Waals surface area contributed by atoms with Crippen LogP contribution in [-0.2, 0) is 6.54 Å². The van der Waals surface area contributed by atoms with Crippen LogP contribution < -0.4 is 15.4 Å². The van der Waals surface area contributed by atoms with Crippen LogP contribution in [-0.4, -0.2) is 36.6 Å². The lowest BCUT2D eigenvalue weighted by Crippen LogP contribution is -2.27. The number of aliphatic hydroxyl groups excluding tert-OH is 1. The Balaban J connectivity index is 2.25. The number of nitrogens with one attached hydrogen (secondary N) is 2. The topological polar surface area (TPSA) is 87.7 Å². The number of rotatable bonds is 8. The molecule has 0 radical (unpaired) electrons. The lowest BCUT2D eigenvalue weighted by Gasteiger charge is -2.19. The summed E-state index contributed by atoms with van der Waals surface area (Å²) in [7, 11) is 1.52. The lowest BCUT2D eigenvalue weighted by molar-refractivity contribution is 0.0951. The number of ketones is 1. The molecule has 2 rings (SSSR count). The number of halogens is 1. The number of Topliss-reactive ketones (excluding diaryl/α,β-unsaturated/α-hetero) is 1. The van der Waals surface area contributed by atoms with Gasteiger partial charge in [-0.05, 0) is 43.7 Å². The number of para-hydroxylation sites is 1. The van der Waals surface area contributed by atoms with E-state index in [0.717, 1.165) is 5.56 Å². The molecular formula is C20H23ClN2O4. The number of hydrogen-bond acceptors (Lipinski definition) is 5. The standard InChI is InChI=1S/C20H23ClN2O4/c1-12(11-24)23-19-15(13(2)25)5-4-6-16(19)20(26)22-10-14-7-8-17(21)18(9-14)27-3/h4-9,12,23-24H,10-11H2,1-3H3,(H,22,26). The Kier molecular flexibility index (Phi) is 7.21. The predicted molar refractivity (Wildman–Crippen MR) is 106 cm³/mol. The predicted octanol–water partition coefficient (Wildman–Crippen LogP) is 3.27. The molecule has 1 amide bonds. The number of aliphatic hydroxyl groups is 1. The molecule has 0 saturated carbocycles. The summed E-state index contributed by atoms with van der Waals surface area (Å²) in [6, 6.07) is 9.88. The fourth-order valence-electron chi connectivity index (χ4n) is 2.57. The summed E-state index contributed by atoms with van der Waals surface area (Å²) in [4.78, 5) is 24.7. The maximum absolute atomic E-state index is 12.7. The van der Waals surface area contributed by atoms with Crippen LogP contribution in [0.5, 0.6) is 5.75 Å². The molecule has 0 aliphatic carbocycles. The molecule has 0 bridgehead atoms. The van der Waals surface area contributed by atoms with Gasteiger partial charge >= 0.3 is 0 Å². The third-order valence-electron chi connectivity index (χ3n) is 4.02. The summed E-state index contributed by atoms with van der Waals surface area (Å²) in [5, 5.41) is 15.7. The maximum atomic E-state index is 12.7. The molecule has 0 fully saturated rings. The molecule has 0 spiro atoms. The quantitative estimate of drug-likeness (QED) is 0.602. The fourth-order valence-corrected chi connectivity index (χ4v) is 2.77. The Hall–Kier alpha value is -2.57. The number of benzene rings is 2. The molecule has 27 heavy (non-hydrogen) atoms. The Morgan fingerprint density at radius 2 is 1.93 bits per heavy atom. The first kappa shape index (κ1) is 20.7. The number of amides is 1. The van der Waals surface area contributed by atoms with Crippen LogP contribution in [0.4, 0.5) is 5.69 Å². The molecule has 1 atom stereocenters. The van der Waals surface area contributed by atoms with E-state index in [1.54, 1.807) is 43.3 Å². The molecule has 0 heterocycles. The zero-order chi connectivity index (χ0) is 20.0. The molecule has 7 heteroatoms. The number of carbonyl (C=O) groups is 2. The Morgan fingerprint density at radius 1 is 1.22 bits per heavy atom. The monoisotopic (exact) mass is 390 g/mol. The van der Waals surface area contributed by atoms with Crippen molar-refractivity contribution < 1.29 is 19.4 Å². The van der Waals surface area contributed by atoms with Gasteiger partial charge in [0.05, 0.1) is 30.0 Å². The third kappa shape index (κ3) is 5.21. The Labute approximate surface area is 163 Å². The summed E-state index contributed by atoms with van der Waals surface area (Å²) in [6.07, 6.45) is 0. The van der Waals surface area contributed by atoms with Crippen molar-refractivity contribution in [1.82, 2.24) is 5.32 Å². The summed E-state index contributed by atoms with van der Waals surface area (Å²) in [5.41, 5.74) is 1.98. The highest BCUT2D eigenvalue weighted by Crippen LogP contribution is 2.26. The van der Waals surface area contributed by atoms with Crippen LogP contribution in [0.3, 0.4) is 0 Å². The number of carbonyl (C=O) groups excluding carboxylic acids is 2. The highest BCUT2D eigenvalue weighted by atomic mass is 35.5. The highest BCUT2D eigenvalue weighted by molar-refractivity contribution is 6.32. The van der Waals surface area contributed by atoms with Gasteiger partial charge < -0.3 is 20.5 Å². The van der Waals surface area contributed by atoms with E-state index in [1.807, 2.05) is 0 Å². The van der Waals surface area contributed by atoms with E-state index in [-0.39, 0.29) is 30.9 Å². The van der Waals surface area contributed by atoms with E-state index < -0.39 is 0 Å². The molecule has 0 aromatic heterocycles. The maximum Gasteiger partial charge on any atom is 0.253 e. The van der Waals surface area contributed by atoms with Crippen LogP contribution in [0.15, 0.2) is 36.4 Å². The number of methoxy groups -OCH3 is 1. The molecule has 1 unspecified atom stereocenters. The fraction of sp³-hybridized carbons (Fsp3) is 0.300. The van der Waals surface area contributed by atoms with Crippen LogP contribution in [0, 0.1) is 0 Å². The summed E-state index contributed by atoms with van der Waals surface area (Å²) in [5.74, 6) is 0.0282.